The van der Waals surface area contributed by atoms with Crippen LogP contribution in [0.3, 0.4) is 0 Å². The summed E-state index contributed by atoms with van der Waals surface area (Å²) in [4.78, 5) is 25.2. The van der Waals surface area contributed by atoms with E-state index in [2.05, 4.69) is 5.32 Å². The topological polar surface area (TPSA) is 69.6 Å². The van der Waals surface area contributed by atoms with Gasteiger partial charge >= 0.3 is 5.97 Å². The van der Waals surface area contributed by atoms with Crippen LogP contribution in [0.4, 0.5) is 0 Å². The lowest BCUT2D eigenvalue weighted by Crippen LogP contribution is -2.50. The Kier molecular flexibility index (Phi) is 4.22. The van der Waals surface area contributed by atoms with Crippen molar-refractivity contribution in [1.29, 1.82) is 0 Å². The second kappa shape index (κ2) is 5.69. The fraction of sp³-hybridized carbons (Fsp3) is 0.846. The van der Waals surface area contributed by atoms with E-state index in [1.165, 1.54) is 0 Å². The number of rotatable bonds is 2. The number of carbonyl (C=O) groups excluding carboxylic acids is 1. The first-order valence-corrected chi connectivity index (χ1v) is 6.83. The van der Waals surface area contributed by atoms with Crippen molar-refractivity contribution in [2.45, 2.75) is 38.6 Å². The zero-order chi connectivity index (χ0) is 13.1. The molecule has 0 aromatic carbocycles. The molecular formula is C13H22N2O3. The van der Waals surface area contributed by atoms with Crippen molar-refractivity contribution in [2.24, 2.45) is 11.8 Å². The van der Waals surface area contributed by atoms with Crippen molar-refractivity contribution < 1.29 is 14.7 Å². The maximum Gasteiger partial charge on any atom is 0.306 e. The zero-order valence-corrected chi connectivity index (χ0v) is 10.9. The Balaban J connectivity index is 1.93. The third-order valence-corrected chi connectivity index (χ3v) is 4.15. The normalized spacial score (nSPS) is 33.2. The van der Waals surface area contributed by atoms with Crippen molar-refractivity contribution in [3.8, 4) is 0 Å². The maximum atomic E-state index is 12.4. The van der Waals surface area contributed by atoms with Gasteiger partial charge in [0.2, 0.25) is 5.91 Å². The molecule has 0 spiro atoms. The summed E-state index contributed by atoms with van der Waals surface area (Å²) in [6.07, 6.45) is 3.18. The summed E-state index contributed by atoms with van der Waals surface area (Å²) in [5, 5.41) is 12.3. The van der Waals surface area contributed by atoms with E-state index in [0.717, 1.165) is 25.9 Å². The summed E-state index contributed by atoms with van der Waals surface area (Å²) in [6, 6.07) is 0.0503. The van der Waals surface area contributed by atoms with Crippen LogP contribution in [0.15, 0.2) is 0 Å². The summed E-state index contributed by atoms with van der Waals surface area (Å²) in [5.74, 6) is -0.720. The van der Waals surface area contributed by atoms with Gasteiger partial charge in [0, 0.05) is 19.1 Å². The maximum absolute atomic E-state index is 12.4. The molecule has 5 heteroatoms. The lowest BCUT2D eigenvalue weighted by molar-refractivity contribution is -0.149. The highest BCUT2D eigenvalue weighted by atomic mass is 16.4. The molecule has 2 heterocycles. The Morgan fingerprint density at radius 1 is 1.28 bits per heavy atom. The molecule has 0 saturated carbocycles. The third kappa shape index (κ3) is 2.83. The first-order chi connectivity index (χ1) is 8.59. The molecule has 2 saturated heterocycles. The van der Waals surface area contributed by atoms with Crippen LogP contribution >= 0.6 is 0 Å². The van der Waals surface area contributed by atoms with Crippen molar-refractivity contribution >= 4 is 11.9 Å². The molecule has 102 valence electrons. The number of likely N-dealkylation sites (tertiary alicyclic amines) is 1. The Hall–Kier alpha value is -1.10. The van der Waals surface area contributed by atoms with Gasteiger partial charge in [0.15, 0.2) is 0 Å². The van der Waals surface area contributed by atoms with E-state index in [-0.39, 0.29) is 23.8 Å². The predicted octanol–water partition coefficient (Wildman–Crippen LogP) is 0.698. The SMILES string of the molecule is CC1CC(C(=O)O)CCN1C(=O)[C@H]1CCCNC1. The second-order valence-electron chi connectivity index (χ2n) is 5.48. The number of piperidine rings is 2. The Bertz CT molecular complexity index is 326. The highest BCUT2D eigenvalue weighted by molar-refractivity contribution is 5.80. The molecular weight excluding hydrogens is 232 g/mol. The number of nitrogens with zero attached hydrogens (tertiary/aromatic N) is 1. The van der Waals surface area contributed by atoms with Gasteiger partial charge in [0.1, 0.15) is 0 Å². The van der Waals surface area contributed by atoms with Crippen LogP contribution in [0.2, 0.25) is 0 Å². The molecule has 0 aromatic heterocycles. The van der Waals surface area contributed by atoms with Crippen LogP contribution in [0.25, 0.3) is 0 Å². The van der Waals surface area contributed by atoms with Gasteiger partial charge in [-0.05, 0) is 39.2 Å². The monoisotopic (exact) mass is 254 g/mol. The highest BCUT2D eigenvalue weighted by Crippen LogP contribution is 2.25. The Morgan fingerprint density at radius 3 is 2.61 bits per heavy atom. The molecule has 2 N–H and O–H groups in total. The van der Waals surface area contributed by atoms with Crippen LogP contribution in [0, 0.1) is 11.8 Å². The zero-order valence-electron chi connectivity index (χ0n) is 10.9. The van der Waals surface area contributed by atoms with Crippen molar-refractivity contribution in [1.82, 2.24) is 10.2 Å². The summed E-state index contributed by atoms with van der Waals surface area (Å²) >= 11 is 0. The van der Waals surface area contributed by atoms with E-state index in [9.17, 15) is 9.59 Å². The van der Waals surface area contributed by atoms with Gasteiger partial charge in [0.25, 0.3) is 0 Å². The van der Waals surface area contributed by atoms with Crippen molar-refractivity contribution in [2.75, 3.05) is 19.6 Å². The molecule has 3 atom stereocenters. The smallest absolute Gasteiger partial charge is 0.306 e. The first-order valence-electron chi connectivity index (χ1n) is 6.83. The summed E-state index contributed by atoms with van der Waals surface area (Å²) in [5.41, 5.74) is 0. The number of carboxylic acids is 1. The van der Waals surface area contributed by atoms with Crippen LogP contribution in [-0.2, 0) is 9.59 Å². The highest BCUT2D eigenvalue weighted by Gasteiger charge is 2.35. The van der Waals surface area contributed by atoms with Gasteiger partial charge < -0.3 is 15.3 Å². The lowest BCUT2D eigenvalue weighted by atomic mass is 9.89. The Labute approximate surface area is 108 Å². The first kappa shape index (κ1) is 13.3. The molecule has 2 fully saturated rings. The number of carboxylic acid groups (broad SMARTS) is 1. The number of carbonyl (C=O) groups is 2. The molecule has 0 aliphatic carbocycles. The molecule has 0 aromatic rings. The van der Waals surface area contributed by atoms with E-state index in [1.807, 2.05) is 11.8 Å². The quantitative estimate of drug-likeness (QED) is 0.761. The molecule has 0 bridgehead atoms. The number of amides is 1. The summed E-state index contributed by atoms with van der Waals surface area (Å²) < 4.78 is 0. The minimum atomic E-state index is -0.728. The predicted molar refractivity (Wildman–Crippen MR) is 67.1 cm³/mol. The molecule has 2 unspecified atom stereocenters. The minimum absolute atomic E-state index is 0.0503. The minimum Gasteiger partial charge on any atom is -0.481 e. The fourth-order valence-electron chi connectivity index (χ4n) is 3.02. The van der Waals surface area contributed by atoms with Crippen molar-refractivity contribution in [3.05, 3.63) is 0 Å². The molecule has 2 aliphatic heterocycles. The van der Waals surface area contributed by atoms with E-state index in [0.29, 0.717) is 19.4 Å². The second-order valence-corrected chi connectivity index (χ2v) is 5.48. The standard InChI is InChI=1S/C13H22N2O3/c1-9-7-10(13(17)18)4-6-15(9)12(16)11-3-2-5-14-8-11/h9-11,14H,2-8H2,1H3,(H,17,18)/t9?,10?,11-/m0/s1. The van der Waals surface area contributed by atoms with E-state index in [4.69, 9.17) is 5.11 Å². The molecule has 2 aliphatic rings. The van der Waals surface area contributed by atoms with Gasteiger partial charge in [-0.25, -0.2) is 0 Å². The largest absolute Gasteiger partial charge is 0.481 e. The van der Waals surface area contributed by atoms with Crippen LogP contribution < -0.4 is 5.32 Å². The van der Waals surface area contributed by atoms with Gasteiger partial charge in [-0.2, -0.15) is 0 Å². The number of hydrogen-bond acceptors (Lipinski definition) is 3. The summed E-state index contributed by atoms with van der Waals surface area (Å²) in [7, 11) is 0. The summed E-state index contributed by atoms with van der Waals surface area (Å²) in [6.45, 7) is 4.32. The number of aliphatic carboxylic acids is 1. The van der Waals surface area contributed by atoms with Gasteiger partial charge in [-0.3, -0.25) is 9.59 Å². The van der Waals surface area contributed by atoms with E-state index < -0.39 is 5.97 Å². The molecule has 18 heavy (non-hydrogen) atoms. The average Bonchev–Trinajstić information content (AvgIpc) is 2.38. The fourth-order valence-corrected chi connectivity index (χ4v) is 3.02. The van der Waals surface area contributed by atoms with Crippen molar-refractivity contribution in [3.63, 3.8) is 0 Å². The lowest BCUT2D eigenvalue weighted by Gasteiger charge is -2.39. The third-order valence-electron chi connectivity index (χ3n) is 4.15. The average molecular weight is 254 g/mol. The van der Waals surface area contributed by atoms with Crippen LogP contribution in [-0.4, -0.2) is 47.6 Å². The van der Waals surface area contributed by atoms with Gasteiger partial charge in [-0.1, -0.05) is 0 Å². The van der Waals surface area contributed by atoms with Crippen LogP contribution in [0.1, 0.15) is 32.6 Å². The molecule has 1 amide bonds. The number of nitrogens with one attached hydrogen (secondary N) is 1. The molecule has 5 nitrogen and oxygen atoms in total. The Morgan fingerprint density at radius 2 is 2.06 bits per heavy atom. The van der Waals surface area contributed by atoms with Gasteiger partial charge in [0.05, 0.1) is 11.8 Å². The van der Waals surface area contributed by atoms with E-state index >= 15 is 0 Å². The van der Waals surface area contributed by atoms with Gasteiger partial charge in [-0.15, -0.1) is 0 Å². The number of hydrogen-bond donors (Lipinski definition) is 2. The van der Waals surface area contributed by atoms with E-state index in [1.54, 1.807) is 0 Å². The molecule has 2 rings (SSSR count). The molecule has 0 radical (unpaired) electrons. The van der Waals surface area contributed by atoms with Crippen LogP contribution in [0.5, 0.6) is 0 Å².